The monoisotopic (exact) mass is 504 g/mol. The molecule has 0 bridgehead atoms. The van der Waals surface area contributed by atoms with E-state index in [1.807, 2.05) is 41.8 Å². The average Bonchev–Trinajstić information content (AvgIpc) is 3.04. The molecule has 0 unspecified atom stereocenters. The van der Waals surface area contributed by atoms with E-state index in [0.29, 0.717) is 21.6 Å². The highest BCUT2D eigenvalue weighted by atomic mass is 79.9. The summed E-state index contributed by atoms with van der Waals surface area (Å²) in [5, 5.41) is 12.4. The summed E-state index contributed by atoms with van der Waals surface area (Å²) in [6.45, 7) is 6.53. The number of piperidine rings is 1. The minimum Gasteiger partial charge on any atom is -0.506 e. The van der Waals surface area contributed by atoms with Crippen molar-refractivity contribution in [3.63, 3.8) is 0 Å². The van der Waals surface area contributed by atoms with Crippen LogP contribution < -0.4 is 0 Å². The van der Waals surface area contributed by atoms with E-state index in [1.54, 1.807) is 6.92 Å². The molecule has 1 aliphatic heterocycles. The number of carbonyl (C=O) groups is 1. The number of hydrogen-bond acceptors (Lipinski definition) is 4. The molecule has 5 nitrogen and oxygen atoms in total. The molecule has 31 heavy (non-hydrogen) atoms. The molecule has 164 valence electrons. The van der Waals surface area contributed by atoms with Gasteiger partial charge >= 0.3 is 5.97 Å². The minimum absolute atomic E-state index is 0.173. The summed E-state index contributed by atoms with van der Waals surface area (Å²) in [6.07, 6.45) is 3.52. The van der Waals surface area contributed by atoms with Gasteiger partial charge < -0.3 is 14.4 Å². The van der Waals surface area contributed by atoms with Crippen molar-refractivity contribution in [3.05, 3.63) is 56.6 Å². The smallest absolute Gasteiger partial charge is 0.340 e. The highest BCUT2D eigenvalue weighted by Crippen LogP contribution is 2.41. The number of benzene rings is 2. The Morgan fingerprint density at radius 1 is 1.23 bits per heavy atom. The molecule has 1 N–H and O–H groups in total. The molecule has 2 aromatic carbocycles. The Balaban J connectivity index is 2.01. The van der Waals surface area contributed by atoms with Crippen molar-refractivity contribution in [2.24, 2.45) is 0 Å². The van der Waals surface area contributed by atoms with Crippen LogP contribution in [-0.2, 0) is 11.3 Å². The van der Waals surface area contributed by atoms with Gasteiger partial charge in [0, 0.05) is 33.9 Å². The van der Waals surface area contributed by atoms with Crippen molar-refractivity contribution in [1.82, 2.24) is 9.47 Å². The van der Waals surface area contributed by atoms with Gasteiger partial charge in [-0.3, -0.25) is 4.90 Å². The van der Waals surface area contributed by atoms with Gasteiger partial charge in [-0.1, -0.05) is 24.1 Å². The van der Waals surface area contributed by atoms with Crippen molar-refractivity contribution < 1.29 is 14.6 Å². The highest BCUT2D eigenvalue weighted by molar-refractivity contribution is 9.10. The lowest BCUT2D eigenvalue weighted by atomic mass is 10.0. The second kappa shape index (κ2) is 9.23. The maximum atomic E-state index is 13.1. The van der Waals surface area contributed by atoms with Gasteiger partial charge in [-0.25, -0.2) is 4.79 Å². The minimum atomic E-state index is -0.382. The predicted molar refractivity (Wildman–Crippen MR) is 127 cm³/mol. The Bertz CT molecular complexity index is 1140. The molecule has 2 heterocycles. The number of esters is 1. The third-order valence-corrected chi connectivity index (χ3v) is 6.74. The van der Waals surface area contributed by atoms with E-state index in [4.69, 9.17) is 16.3 Å². The quantitative estimate of drug-likeness (QED) is 0.418. The highest BCUT2D eigenvalue weighted by Gasteiger charge is 2.28. The summed E-state index contributed by atoms with van der Waals surface area (Å²) in [7, 11) is 0. The molecule has 4 rings (SSSR count). The topological polar surface area (TPSA) is 54.7 Å². The number of carbonyl (C=O) groups excluding carboxylic acids is 1. The van der Waals surface area contributed by atoms with E-state index in [-0.39, 0.29) is 18.3 Å². The third kappa shape index (κ3) is 4.21. The number of nitrogens with zero attached hydrogens (tertiary/aromatic N) is 2. The van der Waals surface area contributed by atoms with Crippen molar-refractivity contribution in [2.45, 2.75) is 39.7 Å². The summed E-state index contributed by atoms with van der Waals surface area (Å²) >= 11 is 9.80. The maximum Gasteiger partial charge on any atom is 0.340 e. The number of likely N-dealkylation sites (tertiary alicyclic amines) is 1. The fraction of sp³-hybridized carbons (Fsp3) is 0.375. The van der Waals surface area contributed by atoms with E-state index < -0.39 is 0 Å². The van der Waals surface area contributed by atoms with Crippen LogP contribution in [-0.4, -0.2) is 40.2 Å². The van der Waals surface area contributed by atoms with Crippen LogP contribution in [0, 0.1) is 6.92 Å². The van der Waals surface area contributed by atoms with Gasteiger partial charge in [0.05, 0.1) is 22.2 Å². The molecular formula is C24H26BrClN2O3. The lowest BCUT2D eigenvalue weighted by molar-refractivity contribution is 0.0527. The number of hydrogen-bond donors (Lipinski definition) is 1. The molecule has 0 atom stereocenters. The lowest BCUT2D eigenvalue weighted by Crippen LogP contribution is -2.29. The number of fused-ring (bicyclic) bond motifs is 1. The number of phenolic OH excluding ortho intramolecular Hbond substituents is 1. The third-order valence-electron chi connectivity index (χ3n) is 5.90. The summed E-state index contributed by atoms with van der Waals surface area (Å²) in [5.74, 6) is -0.209. The van der Waals surface area contributed by atoms with E-state index >= 15 is 0 Å². The molecule has 0 aliphatic carbocycles. The lowest BCUT2D eigenvalue weighted by Gasteiger charge is -2.27. The Hall–Kier alpha value is -2.02. The van der Waals surface area contributed by atoms with Crippen LogP contribution in [0.1, 0.15) is 47.8 Å². The molecule has 0 amide bonds. The van der Waals surface area contributed by atoms with E-state index in [9.17, 15) is 9.90 Å². The van der Waals surface area contributed by atoms with E-state index in [0.717, 1.165) is 53.8 Å². The van der Waals surface area contributed by atoms with E-state index in [1.165, 1.54) is 6.42 Å². The summed E-state index contributed by atoms with van der Waals surface area (Å²) in [4.78, 5) is 15.4. The molecule has 1 fully saturated rings. The summed E-state index contributed by atoms with van der Waals surface area (Å²) in [6, 6.07) is 9.40. The number of halogens is 2. The summed E-state index contributed by atoms with van der Waals surface area (Å²) in [5.41, 5.74) is 3.68. The number of phenols is 1. The van der Waals surface area contributed by atoms with E-state index in [2.05, 4.69) is 20.8 Å². The molecule has 1 saturated heterocycles. The van der Waals surface area contributed by atoms with Crippen LogP contribution in [0.3, 0.4) is 0 Å². The molecule has 1 aliphatic rings. The Kier molecular flexibility index (Phi) is 6.60. The van der Waals surface area contributed by atoms with Gasteiger partial charge in [0.25, 0.3) is 0 Å². The van der Waals surface area contributed by atoms with Crippen LogP contribution in [0.4, 0.5) is 0 Å². The van der Waals surface area contributed by atoms with Crippen LogP contribution >= 0.6 is 27.5 Å². The van der Waals surface area contributed by atoms with Crippen molar-refractivity contribution >= 4 is 44.4 Å². The van der Waals surface area contributed by atoms with Gasteiger partial charge in [-0.15, -0.1) is 0 Å². The standard InChI is InChI=1S/C24H26BrClN2O3/c1-3-31-24(30)21-15(2)28(17-9-7-8-16(26)12-17)20-13-19(25)23(29)18(22(20)21)14-27-10-5-4-6-11-27/h7-9,12-13,29H,3-6,10-11,14H2,1-2H3. The summed E-state index contributed by atoms with van der Waals surface area (Å²) < 4.78 is 8.03. The van der Waals surface area contributed by atoms with Gasteiger partial charge in [-0.2, -0.15) is 0 Å². The van der Waals surface area contributed by atoms with Crippen molar-refractivity contribution in [1.29, 1.82) is 0 Å². The second-order valence-corrected chi connectivity index (χ2v) is 9.20. The normalized spacial score (nSPS) is 14.8. The van der Waals surface area contributed by atoms with Crippen molar-refractivity contribution in [3.8, 4) is 11.4 Å². The zero-order valence-corrected chi connectivity index (χ0v) is 20.1. The zero-order chi connectivity index (χ0) is 22.1. The van der Waals surface area contributed by atoms with Gasteiger partial charge in [0.1, 0.15) is 5.75 Å². The average molecular weight is 506 g/mol. The molecular weight excluding hydrogens is 480 g/mol. The Morgan fingerprint density at radius 2 is 1.97 bits per heavy atom. The fourth-order valence-corrected chi connectivity index (χ4v) is 5.14. The first-order chi connectivity index (χ1) is 14.9. The Labute approximate surface area is 195 Å². The second-order valence-electron chi connectivity index (χ2n) is 7.91. The maximum absolute atomic E-state index is 13.1. The predicted octanol–water partition coefficient (Wildman–Crippen LogP) is 6.22. The molecule has 7 heteroatoms. The van der Waals surface area contributed by atoms with Crippen LogP contribution in [0.15, 0.2) is 34.8 Å². The first-order valence-electron chi connectivity index (χ1n) is 10.6. The number of aromatic nitrogens is 1. The van der Waals surface area contributed by atoms with Crippen LogP contribution in [0.25, 0.3) is 16.6 Å². The number of ether oxygens (including phenoxy) is 1. The SMILES string of the molecule is CCOC(=O)c1c(C)n(-c2cccc(Cl)c2)c2cc(Br)c(O)c(CN3CCCCC3)c12. The van der Waals surface area contributed by atoms with Crippen LogP contribution in [0.2, 0.25) is 5.02 Å². The van der Waals surface area contributed by atoms with Gasteiger partial charge in [-0.05, 0) is 80.0 Å². The fourth-order valence-electron chi connectivity index (χ4n) is 4.50. The first-order valence-corrected chi connectivity index (χ1v) is 11.8. The van der Waals surface area contributed by atoms with Crippen molar-refractivity contribution in [2.75, 3.05) is 19.7 Å². The zero-order valence-electron chi connectivity index (χ0n) is 17.8. The molecule has 3 aromatic rings. The molecule has 0 saturated carbocycles. The first kappa shape index (κ1) is 22.2. The molecule has 0 spiro atoms. The number of rotatable bonds is 5. The Morgan fingerprint density at radius 3 is 2.65 bits per heavy atom. The number of aromatic hydroxyl groups is 1. The molecule has 0 radical (unpaired) electrons. The van der Waals surface area contributed by atoms with Gasteiger partial charge in [0.15, 0.2) is 0 Å². The largest absolute Gasteiger partial charge is 0.506 e. The van der Waals surface area contributed by atoms with Gasteiger partial charge in [0.2, 0.25) is 0 Å². The van der Waals surface area contributed by atoms with Crippen LogP contribution in [0.5, 0.6) is 5.75 Å². The molecule has 1 aromatic heterocycles.